The molecule has 5 nitrogen and oxygen atoms in total. The average molecular weight is 382 g/mol. The molecule has 3 aromatic rings. The minimum atomic E-state index is -0.100. The molecule has 27 heavy (non-hydrogen) atoms. The number of aryl methyl sites for hydroxylation is 1. The monoisotopic (exact) mass is 381 g/mol. The first-order valence-corrected chi connectivity index (χ1v) is 10.1. The molecule has 0 spiro atoms. The lowest BCUT2D eigenvalue weighted by molar-refractivity contribution is 0.102. The lowest BCUT2D eigenvalue weighted by Crippen LogP contribution is -2.22. The third-order valence-corrected chi connectivity index (χ3v) is 6.13. The van der Waals surface area contributed by atoms with Gasteiger partial charge in [-0.2, -0.15) is 0 Å². The van der Waals surface area contributed by atoms with E-state index in [2.05, 4.69) is 22.1 Å². The quantitative estimate of drug-likeness (QED) is 0.714. The molecule has 2 heterocycles. The van der Waals surface area contributed by atoms with E-state index < -0.39 is 0 Å². The number of ether oxygens (including phenoxy) is 1. The lowest BCUT2D eigenvalue weighted by atomic mass is 10.2. The molecule has 0 bridgehead atoms. The summed E-state index contributed by atoms with van der Waals surface area (Å²) in [4.78, 5) is 19.5. The highest BCUT2D eigenvalue weighted by atomic mass is 32.1. The number of carbonyl (C=O) groups excluding carboxylic acids is 1. The van der Waals surface area contributed by atoms with E-state index in [1.54, 1.807) is 18.4 Å². The van der Waals surface area contributed by atoms with Gasteiger partial charge in [0.2, 0.25) is 0 Å². The summed E-state index contributed by atoms with van der Waals surface area (Å²) in [5.41, 5.74) is 3.56. The minimum absolute atomic E-state index is 0.100. The molecule has 1 amide bonds. The second kappa shape index (κ2) is 7.66. The first-order valence-electron chi connectivity index (χ1n) is 9.25. The Hall–Kier alpha value is -2.44. The second-order valence-corrected chi connectivity index (χ2v) is 7.85. The van der Waals surface area contributed by atoms with Crippen molar-refractivity contribution in [3.05, 3.63) is 53.0 Å². The molecule has 0 unspecified atom stereocenters. The molecule has 6 heteroatoms. The fraction of sp³-hybridized carbons (Fsp3) is 0.333. The van der Waals surface area contributed by atoms with E-state index in [-0.39, 0.29) is 5.91 Å². The van der Waals surface area contributed by atoms with Crippen molar-refractivity contribution in [2.24, 2.45) is 0 Å². The Bertz CT molecular complexity index is 952. The number of methoxy groups -OCH3 is 1. The number of anilines is 2. The number of thiazole rings is 1. The summed E-state index contributed by atoms with van der Waals surface area (Å²) < 4.78 is 6.48. The van der Waals surface area contributed by atoms with Gasteiger partial charge in [0.25, 0.3) is 5.91 Å². The van der Waals surface area contributed by atoms with Crippen molar-refractivity contribution in [2.75, 3.05) is 30.4 Å². The van der Waals surface area contributed by atoms with Crippen molar-refractivity contribution in [3.63, 3.8) is 0 Å². The van der Waals surface area contributed by atoms with Crippen LogP contribution in [0.3, 0.4) is 0 Å². The maximum atomic E-state index is 12.6. The molecule has 2 aromatic carbocycles. The largest absolute Gasteiger partial charge is 0.380 e. The molecule has 140 valence electrons. The smallest absolute Gasteiger partial charge is 0.255 e. The molecule has 0 radical (unpaired) electrons. The summed E-state index contributed by atoms with van der Waals surface area (Å²) in [6.45, 7) is 4.00. The Balaban J connectivity index is 1.45. The summed E-state index contributed by atoms with van der Waals surface area (Å²) in [5, 5.41) is 4.08. The van der Waals surface area contributed by atoms with Crippen LogP contribution >= 0.6 is 11.3 Å². The summed E-state index contributed by atoms with van der Waals surface area (Å²) in [7, 11) is 1.76. The van der Waals surface area contributed by atoms with E-state index in [1.807, 2.05) is 42.5 Å². The highest BCUT2D eigenvalue weighted by molar-refractivity contribution is 7.18. The van der Waals surface area contributed by atoms with Crippen molar-refractivity contribution in [3.8, 4) is 0 Å². The Morgan fingerprint density at radius 2 is 2.11 bits per heavy atom. The second-order valence-electron chi connectivity index (χ2n) is 6.74. The fourth-order valence-electron chi connectivity index (χ4n) is 3.38. The van der Waals surface area contributed by atoms with Crippen molar-refractivity contribution < 1.29 is 9.53 Å². The standard InChI is InChI=1S/C21H23N3O2S/c1-3-20-23-18-9-4-14(12-19(18)27-20)21(25)22-15-5-7-16(8-6-15)24-11-10-17(13-24)26-2/h4-9,12,17H,3,10-11,13H2,1-2H3,(H,22,25)/t17-/m0/s1. The Kier molecular flexibility index (Phi) is 5.09. The lowest BCUT2D eigenvalue weighted by Gasteiger charge is -2.18. The summed E-state index contributed by atoms with van der Waals surface area (Å²) in [6, 6.07) is 13.7. The van der Waals surface area contributed by atoms with Crippen LogP contribution < -0.4 is 10.2 Å². The number of carbonyl (C=O) groups is 1. The van der Waals surface area contributed by atoms with E-state index in [0.717, 1.165) is 52.5 Å². The van der Waals surface area contributed by atoms with E-state index >= 15 is 0 Å². The van der Waals surface area contributed by atoms with Gasteiger partial charge < -0.3 is 15.0 Å². The zero-order valence-electron chi connectivity index (χ0n) is 15.6. The highest BCUT2D eigenvalue weighted by Gasteiger charge is 2.22. The van der Waals surface area contributed by atoms with E-state index in [0.29, 0.717) is 11.7 Å². The number of rotatable bonds is 5. The Morgan fingerprint density at radius 3 is 2.81 bits per heavy atom. The highest BCUT2D eigenvalue weighted by Crippen LogP contribution is 2.25. The van der Waals surface area contributed by atoms with E-state index in [4.69, 9.17) is 4.74 Å². The predicted octanol–water partition coefficient (Wildman–Crippen LogP) is 4.34. The average Bonchev–Trinajstić information content (AvgIpc) is 3.34. The predicted molar refractivity (Wildman–Crippen MR) is 111 cm³/mol. The van der Waals surface area contributed by atoms with Gasteiger partial charge in [-0.3, -0.25) is 4.79 Å². The van der Waals surface area contributed by atoms with Crippen LogP contribution in [-0.4, -0.2) is 37.2 Å². The number of nitrogens with one attached hydrogen (secondary N) is 1. The van der Waals surface area contributed by atoms with Crippen LogP contribution in [0.1, 0.15) is 28.7 Å². The van der Waals surface area contributed by atoms with Crippen molar-refractivity contribution in [1.82, 2.24) is 4.98 Å². The van der Waals surface area contributed by atoms with Crippen LogP contribution in [0.2, 0.25) is 0 Å². The van der Waals surface area contributed by atoms with Gasteiger partial charge in [-0.05, 0) is 55.3 Å². The van der Waals surface area contributed by atoms with E-state index in [1.165, 1.54) is 0 Å². The number of hydrogen-bond donors (Lipinski definition) is 1. The topological polar surface area (TPSA) is 54.5 Å². The van der Waals surface area contributed by atoms with Gasteiger partial charge in [0.15, 0.2) is 0 Å². The third-order valence-electron chi connectivity index (χ3n) is 4.97. The fourth-order valence-corrected chi connectivity index (χ4v) is 4.33. The van der Waals surface area contributed by atoms with Gasteiger partial charge in [-0.25, -0.2) is 4.98 Å². The maximum Gasteiger partial charge on any atom is 0.255 e. The van der Waals surface area contributed by atoms with Gasteiger partial charge in [0.05, 0.1) is 21.3 Å². The molecule has 1 atom stereocenters. The number of hydrogen-bond acceptors (Lipinski definition) is 5. The molecule has 1 N–H and O–H groups in total. The molecule has 1 aliphatic heterocycles. The summed E-state index contributed by atoms with van der Waals surface area (Å²) in [6.07, 6.45) is 2.27. The maximum absolute atomic E-state index is 12.6. The number of amides is 1. The molecule has 0 saturated carbocycles. The molecular weight excluding hydrogens is 358 g/mol. The van der Waals surface area contributed by atoms with Crippen LogP contribution in [0.4, 0.5) is 11.4 Å². The van der Waals surface area contributed by atoms with Gasteiger partial charge >= 0.3 is 0 Å². The van der Waals surface area contributed by atoms with Crippen molar-refractivity contribution >= 4 is 38.8 Å². The zero-order valence-corrected chi connectivity index (χ0v) is 16.4. The van der Waals surface area contributed by atoms with Gasteiger partial charge in [-0.1, -0.05) is 6.92 Å². The Labute approximate surface area is 163 Å². The molecule has 1 saturated heterocycles. The normalized spacial score (nSPS) is 16.8. The minimum Gasteiger partial charge on any atom is -0.380 e. The molecule has 4 rings (SSSR count). The van der Waals surface area contributed by atoms with Crippen LogP contribution in [0.25, 0.3) is 10.2 Å². The van der Waals surface area contributed by atoms with Crippen molar-refractivity contribution in [1.29, 1.82) is 0 Å². The molecule has 1 fully saturated rings. The SMILES string of the molecule is CCc1nc2ccc(C(=O)Nc3ccc(N4CC[C@H](OC)C4)cc3)cc2s1. The summed E-state index contributed by atoms with van der Waals surface area (Å²) >= 11 is 1.65. The molecule has 1 aliphatic rings. The van der Waals surface area contributed by atoms with Gasteiger partial charge in [-0.15, -0.1) is 11.3 Å². The number of nitrogens with zero attached hydrogens (tertiary/aromatic N) is 2. The first kappa shape index (κ1) is 17.9. The van der Waals surface area contributed by atoms with E-state index in [9.17, 15) is 4.79 Å². The van der Waals surface area contributed by atoms with Crippen molar-refractivity contribution in [2.45, 2.75) is 25.9 Å². The van der Waals surface area contributed by atoms with Gasteiger partial charge in [0.1, 0.15) is 0 Å². The zero-order chi connectivity index (χ0) is 18.8. The van der Waals surface area contributed by atoms with Crippen LogP contribution in [0.5, 0.6) is 0 Å². The summed E-state index contributed by atoms with van der Waals surface area (Å²) in [5.74, 6) is -0.100. The number of aromatic nitrogens is 1. The van der Waals surface area contributed by atoms with Crippen LogP contribution in [0, 0.1) is 0 Å². The third kappa shape index (κ3) is 3.82. The number of fused-ring (bicyclic) bond motifs is 1. The van der Waals surface area contributed by atoms with Gasteiger partial charge in [0, 0.05) is 37.1 Å². The Morgan fingerprint density at radius 1 is 1.30 bits per heavy atom. The molecule has 1 aromatic heterocycles. The van der Waals surface area contributed by atoms with Crippen LogP contribution in [-0.2, 0) is 11.2 Å². The molecular formula is C21H23N3O2S. The number of benzene rings is 2. The first-order chi connectivity index (χ1) is 13.2. The molecule has 0 aliphatic carbocycles. The van der Waals surface area contributed by atoms with Crippen LogP contribution in [0.15, 0.2) is 42.5 Å².